The molecule has 0 aliphatic heterocycles. The number of allylic oxidation sites excluding steroid dienone is 1. The first-order valence-corrected chi connectivity index (χ1v) is 9.93. The summed E-state index contributed by atoms with van der Waals surface area (Å²) in [6, 6.07) is 21.1. The van der Waals surface area contributed by atoms with Crippen molar-refractivity contribution in [3.05, 3.63) is 92.9 Å². The smallest absolute Gasteiger partial charge is 0.262 e. The number of nitriles is 1. The summed E-state index contributed by atoms with van der Waals surface area (Å²) in [6.45, 7) is -0.163. The molecule has 4 nitrogen and oxygen atoms in total. The molecule has 0 aliphatic rings. The van der Waals surface area contributed by atoms with Gasteiger partial charge < -0.3 is 10.1 Å². The molecule has 0 bridgehead atoms. The normalized spacial score (nSPS) is 10.9. The molecule has 1 N–H and O–H groups in total. The van der Waals surface area contributed by atoms with Crippen molar-refractivity contribution in [1.29, 1.82) is 5.26 Å². The molecule has 3 rings (SSSR count). The molecule has 0 heterocycles. The third-order valence-electron chi connectivity index (χ3n) is 4.04. The molecule has 0 radical (unpaired) electrons. The Morgan fingerprint density at radius 3 is 2.30 bits per heavy atom. The molecule has 150 valence electrons. The Labute approximate surface area is 189 Å². The number of benzene rings is 3. The second kappa shape index (κ2) is 10.2. The molecule has 1 amide bonds. The van der Waals surface area contributed by atoms with Crippen LogP contribution in [0.3, 0.4) is 0 Å². The number of hydrogen-bond acceptors (Lipinski definition) is 3. The zero-order valence-electron chi connectivity index (χ0n) is 15.5. The average Bonchev–Trinajstić information content (AvgIpc) is 2.75. The van der Waals surface area contributed by atoms with Gasteiger partial charge in [0, 0.05) is 10.7 Å². The second-order valence-corrected chi connectivity index (χ2v) is 7.46. The van der Waals surface area contributed by atoms with Gasteiger partial charge in [0.2, 0.25) is 0 Å². The summed E-state index contributed by atoms with van der Waals surface area (Å²) >= 11 is 17.7. The lowest BCUT2D eigenvalue weighted by Gasteiger charge is -2.08. The fourth-order valence-corrected chi connectivity index (χ4v) is 2.98. The van der Waals surface area contributed by atoms with E-state index >= 15 is 0 Å². The number of carbonyl (C=O) groups is 1. The van der Waals surface area contributed by atoms with E-state index < -0.39 is 0 Å². The van der Waals surface area contributed by atoms with Crippen molar-refractivity contribution in [1.82, 2.24) is 0 Å². The van der Waals surface area contributed by atoms with E-state index in [0.717, 1.165) is 11.1 Å². The van der Waals surface area contributed by atoms with Crippen LogP contribution in [0.5, 0.6) is 5.75 Å². The Hall–Kier alpha value is -2.97. The standard InChI is InChI=1S/C23H15Cl3N2O2/c24-18-5-3-16(4-6-18)17(13-27)11-15-1-8-20(9-2-15)30-14-23(29)28-19-7-10-21(25)22(26)12-19/h1-12H,14H2,(H,28,29)/b17-11+. The number of carbonyl (C=O) groups excluding carboxylic acids is 1. The quantitative estimate of drug-likeness (QED) is 0.330. The van der Waals surface area contributed by atoms with Crippen LogP contribution in [0.25, 0.3) is 11.6 Å². The van der Waals surface area contributed by atoms with Gasteiger partial charge in [-0.1, -0.05) is 59.1 Å². The number of ether oxygens (including phenoxy) is 1. The largest absolute Gasteiger partial charge is 0.484 e. The van der Waals surface area contributed by atoms with Crippen LogP contribution in [-0.4, -0.2) is 12.5 Å². The van der Waals surface area contributed by atoms with Crippen LogP contribution in [0.2, 0.25) is 15.1 Å². The molecule has 0 fully saturated rings. The average molecular weight is 458 g/mol. The molecule has 0 saturated heterocycles. The highest BCUT2D eigenvalue weighted by Crippen LogP contribution is 2.25. The topological polar surface area (TPSA) is 62.1 Å². The number of halogens is 3. The highest BCUT2D eigenvalue weighted by molar-refractivity contribution is 6.42. The lowest BCUT2D eigenvalue weighted by Crippen LogP contribution is -2.20. The molecule has 0 aliphatic carbocycles. The van der Waals surface area contributed by atoms with E-state index in [0.29, 0.717) is 32.1 Å². The van der Waals surface area contributed by atoms with Crippen LogP contribution in [-0.2, 0) is 4.79 Å². The fraction of sp³-hybridized carbons (Fsp3) is 0.0435. The fourth-order valence-electron chi connectivity index (χ4n) is 2.56. The van der Waals surface area contributed by atoms with Crippen LogP contribution in [0.1, 0.15) is 11.1 Å². The minimum atomic E-state index is -0.327. The summed E-state index contributed by atoms with van der Waals surface area (Å²) in [5.41, 5.74) is 2.65. The van der Waals surface area contributed by atoms with E-state index in [-0.39, 0.29) is 12.5 Å². The minimum absolute atomic E-state index is 0.163. The Bertz CT molecular complexity index is 1120. The number of nitrogens with zero attached hydrogens (tertiary/aromatic N) is 1. The summed E-state index contributed by atoms with van der Waals surface area (Å²) in [5, 5.41) is 13.5. The molecule has 7 heteroatoms. The van der Waals surface area contributed by atoms with Crippen molar-refractivity contribution in [2.75, 3.05) is 11.9 Å². The van der Waals surface area contributed by atoms with E-state index in [1.54, 1.807) is 72.8 Å². The van der Waals surface area contributed by atoms with Gasteiger partial charge in [0.25, 0.3) is 5.91 Å². The lowest BCUT2D eigenvalue weighted by atomic mass is 10.0. The molecular formula is C23H15Cl3N2O2. The van der Waals surface area contributed by atoms with Gasteiger partial charge in [-0.2, -0.15) is 5.26 Å². The molecule has 0 atom stereocenters. The van der Waals surface area contributed by atoms with Crippen LogP contribution < -0.4 is 10.1 Å². The van der Waals surface area contributed by atoms with Crippen LogP contribution in [0.15, 0.2) is 66.7 Å². The highest BCUT2D eigenvalue weighted by Gasteiger charge is 2.06. The van der Waals surface area contributed by atoms with Gasteiger partial charge in [0.15, 0.2) is 6.61 Å². The first-order chi connectivity index (χ1) is 14.4. The maximum atomic E-state index is 12.0. The predicted molar refractivity (Wildman–Crippen MR) is 122 cm³/mol. The van der Waals surface area contributed by atoms with Crippen molar-refractivity contribution in [2.45, 2.75) is 0 Å². The summed E-state index contributed by atoms with van der Waals surface area (Å²) in [5.74, 6) is 0.202. The Balaban J connectivity index is 1.60. The van der Waals surface area contributed by atoms with Gasteiger partial charge in [-0.05, 0) is 59.7 Å². The third-order valence-corrected chi connectivity index (χ3v) is 5.03. The Morgan fingerprint density at radius 2 is 1.67 bits per heavy atom. The third kappa shape index (κ3) is 6.01. The van der Waals surface area contributed by atoms with Crippen LogP contribution >= 0.6 is 34.8 Å². The van der Waals surface area contributed by atoms with Gasteiger partial charge in [-0.3, -0.25) is 4.79 Å². The molecule has 0 aromatic heterocycles. The van der Waals surface area contributed by atoms with E-state index in [9.17, 15) is 10.1 Å². The van der Waals surface area contributed by atoms with Crippen molar-refractivity contribution >= 4 is 58.0 Å². The molecule has 3 aromatic carbocycles. The van der Waals surface area contributed by atoms with E-state index in [1.807, 2.05) is 0 Å². The van der Waals surface area contributed by atoms with Gasteiger partial charge in [-0.25, -0.2) is 0 Å². The van der Waals surface area contributed by atoms with Crippen molar-refractivity contribution < 1.29 is 9.53 Å². The lowest BCUT2D eigenvalue weighted by molar-refractivity contribution is -0.118. The van der Waals surface area contributed by atoms with Gasteiger partial charge in [0.1, 0.15) is 5.75 Å². The zero-order chi connectivity index (χ0) is 21.5. The Kier molecular flexibility index (Phi) is 7.37. The molecule has 0 saturated carbocycles. The van der Waals surface area contributed by atoms with Gasteiger partial charge >= 0.3 is 0 Å². The van der Waals surface area contributed by atoms with Crippen LogP contribution in [0.4, 0.5) is 5.69 Å². The Morgan fingerprint density at radius 1 is 0.967 bits per heavy atom. The van der Waals surface area contributed by atoms with Crippen molar-refractivity contribution in [3.8, 4) is 11.8 Å². The number of anilines is 1. The molecule has 3 aromatic rings. The summed E-state index contributed by atoms with van der Waals surface area (Å²) in [7, 11) is 0. The number of rotatable bonds is 6. The van der Waals surface area contributed by atoms with Gasteiger partial charge in [0.05, 0.1) is 21.7 Å². The van der Waals surface area contributed by atoms with E-state index in [1.165, 1.54) is 0 Å². The van der Waals surface area contributed by atoms with Gasteiger partial charge in [-0.15, -0.1) is 0 Å². The minimum Gasteiger partial charge on any atom is -0.484 e. The molecular weight excluding hydrogens is 443 g/mol. The maximum Gasteiger partial charge on any atom is 0.262 e. The summed E-state index contributed by atoms with van der Waals surface area (Å²) in [6.07, 6.45) is 1.77. The molecule has 0 unspecified atom stereocenters. The van der Waals surface area contributed by atoms with E-state index in [2.05, 4.69) is 11.4 Å². The SMILES string of the molecule is N#C/C(=C\c1ccc(OCC(=O)Nc2ccc(Cl)c(Cl)c2)cc1)c1ccc(Cl)cc1. The van der Waals surface area contributed by atoms with Crippen molar-refractivity contribution in [2.24, 2.45) is 0 Å². The monoisotopic (exact) mass is 456 g/mol. The predicted octanol–water partition coefficient (Wildman–Crippen LogP) is 6.73. The number of hydrogen-bond donors (Lipinski definition) is 1. The molecule has 30 heavy (non-hydrogen) atoms. The van der Waals surface area contributed by atoms with E-state index in [4.69, 9.17) is 39.5 Å². The number of nitrogens with one attached hydrogen (secondary N) is 1. The molecule has 0 spiro atoms. The summed E-state index contributed by atoms with van der Waals surface area (Å²) < 4.78 is 5.51. The highest BCUT2D eigenvalue weighted by atomic mass is 35.5. The maximum absolute atomic E-state index is 12.0. The van der Waals surface area contributed by atoms with Crippen molar-refractivity contribution in [3.63, 3.8) is 0 Å². The first-order valence-electron chi connectivity index (χ1n) is 8.80. The van der Waals surface area contributed by atoms with Crippen LogP contribution in [0, 0.1) is 11.3 Å². The zero-order valence-corrected chi connectivity index (χ0v) is 17.8. The number of amides is 1. The second-order valence-electron chi connectivity index (χ2n) is 6.21. The summed E-state index contributed by atoms with van der Waals surface area (Å²) in [4.78, 5) is 12.0. The first kappa shape index (κ1) is 21.7.